The minimum absolute atomic E-state index is 0.283. The van der Waals surface area contributed by atoms with Crippen LogP contribution in [0.25, 0.3) is 0 Å². The first-order valence-corrected chi connectivity index (χ1v) is 6.58. The molecule has 6 heteroatoms. The second kappa shape index (κ2) is 4.58. The molecule has 1 aromatic carbocycles. The van der Waals surface area contributed by atoms with Gasteiger partial charge in [-0.25, -0.2) is 13.4 Å². The first kappa shape index (κ1) is 11.7. The Hall–Kier alpha value is -1.82. The number of rotatable bonds is 3. The highest BCUT2D eigenvalue weighted by atomic mass is 32.2. The summed E-state index contributed by atoms with van der Waals surface area (Å²) in [6, 6.07) is 8.30. The van der Waals surface area contributed by atoms with Gasteiger partial charge in [0.1, 0.15) is 11.6 Å². The number of hydrogen-bond donors (Lipinski definition) is 0. The van der Waals surface area contributed by atoms with Gasteiger partial charge in [-0.1, -0.05) is 18.2 Å². The van der Waals surface area contributed by atoms with E-state index in [4.69, 9.17) is 0 Å². The molecule has 0 fully saturated rings. The lowest BCUT2D eigenvalue weighted by Crippen LogP contribution is -2.12. The van der Waals surface area contributed by atoms with Crippen LogP contribution in [0.1, 0.15) is 17.9 Å². The van der Waals surface area contributed by atoms with Crippen molar-refractivity contribution >= 4 is 9.84 Å². The smallest absolute Gasteiger partial charge is 0.186 e. The van der Waals surface area contributed by atoms with Crippen LogP contribution in [-0.2, 0) is 9.84 Å². The van der Waals surface area contributed by atoms with E-state index in [-0.39, 0.29) is 4.90 Å². The molecule has 1 atom stereocenters. The summed E-state index contributed by atoms with van der Waals surface area (Å²) in [6.45, 7) is 1.59. The maximum absolute atomic E-state index is 12.2. The first-order chi connectivity index (χ1) is 8.12. The molecule has 17 heavy (non-hydrogen) atoms. The van der Waals surface area contributed by atoms with E-state index in [2.05, 4.69) is 15.2 Å². The maximum atomic E-state index is 12.2. The van der Waals surface area contributed by atoms with Crippen molar-refractivity contribution in [2.75, 3.05) is 0 Å². The number of aromatic nitrogens is 3. The molecule has 88 valence electrons. The summed E-state index contributed by atoms with van der Waals surface area (Å²) in [6.07, 6.45) is 2.61. The van der Waals surface area contributed by atoms with E-state index in [1.165, 1.54) is 12.5 Å². The zero-order chi connectivity index (χ0) is 12.3. The monoisotopic (exact) mass is 249 g/mol. The van der Waals surface area contributed by atoms with Crippen molar-refractivity contribution < 1.29 is 8.42 Å². The van der Waals surface area contributed by atoms with Crippen LogP contribution < -0.4 is 0 Å². The molecule has 1 heterocycles. The average Bonchev–Trinajstić information content (AvgIpc) is 2.40. The normalized spacial score (nSPS) is 13.2. The lowest BCUT2D eigenvalue weighted by molar-refractivity contribution is 0.584. The van der Waals surface area contributed by atoms with Gasteiger partial charge in [0.25, 0.3) is 0 Å². The highest BCUT2D eigenvalue weighted by molar-refractivity contribution is 7.91. The zero-order valence-corrected chi connectivity index (χ0v) is 10.0. The topological polar surface area (TPSA) is 72.8 Å². The molecule has 2 rings (SSSR count). The van der Waals surface area contributed by atoms with E-state index < -0.39 is 15.1 Å². The Bertz CT molecular complexity index is 585. The fourth-order valence-corrected chi connectivity index (χ4v) is 2.82. The third-order valence-corrected chi connectivity index (χ3v) is 4.57. The molecule has 0 aliphatic carbocycles. The molecule has 0 aliphatic rings. The molecule has 0 saturated carbocycles. The summed E-state index contributed by atoms with van der Waals surface area (Å²) in [5.74, 6) is 0. The van der Waals surface area contributed by atoms with E-state index in [0.717, 1.165) is 0 Å². The highest BCUT2D eigenvalue weighted by Gasteiger charge is 2.25. The van der Waals surface area contributed by atoms with Crippen LogP contribution in [0.4, 0.5) is 0 Å². The zero-order valence-electron chi connectivity index (χ0n) is 9.19. The molecule has 0 bridgehead atoms. The fourth-order valence-electron chi connectivity index (χ4n) is 1.43. The standard InChI is InChI=1S/C11H11N3O2S/c1-9(11-7-13-14-8-12-11)17(15,16)10-5-3-2-4-6-10/h2-9H,1H3. The van der Waals surface area contributed by atoms with Crippen molar-refractivity contribution in [2.45, 2.75) is 17.1 Å². The maximum Gasteiger partial charge on any atom is 0.186 e. The number of hydrogen-bond acceptors (Lipinski definition) is 5. The molecule has 0 radical (unpaired) electrons. The molecule has 0 spiro atoms. The van der Waals surface area contributed by atoms with Crippen molar-refractivity contribution in [2.24, 2.45) is 0 Å². The summed E-state index contributed by atoms with van der Waals surface area (Å²) in [4.78, 5) is 4.20. The molecular formula is C11H11N3O2S. The third-order valence-electron chi connectivity index (χ3n) is 2.47. The van der Waals surface area contributed by atoms with Gasteiger partial charge < -0.3 is 0 Å². The van der Waals surface area contributed by atoms with Crippen molar-refractivity contribution in [1.29, 1.82) is 0 Å². The van der Waals surface area contributed by atoms with Gasteiger partial charge in [0.05, 0.1) is 16.8 Å². The largest absolute Gasteiger partial charge is 0.236 e. The Labute approximate surface area is 99.5 Å². The van der Waals surface area contributed by atoms with E-state index in [0.29, 0.717) is 5.69 Å². The Morgan fingerprint density at radius 2 is 1.82 bits per heavy atom. The van der Waals surface area contributed by atoms with E-state index >= 15 is 0 Å². The summed E-state index contributed by atoms with van der Waals surface area (Å²) < 4.78 is 24.5. The van der Waals surface area contributed by atoms with Crippen LogP contribution in [-0.4, -0.2) is 23.6 Å². The van der Waals surface area contributed by atoms with Gasteiger partial charge in [0, 0.05) is 0 Å². The molecule has 1 aromatic heterocycles. The second-order valence-electron chi connectivity index (χ2n) is 3.53. The molecule has 1 unspecified atom stereocenters. The van der Waals surface area contributed by atoms with E-state index in [9.17, 15) is 8.42 Å². The van der Waals surface area contributed by atoms with Crippen LogP contribution in [0.2, 0.25) is 0 Å². The van der Waals surface area contributed by atoms with Crippen molar-refractivity contribution in [3.05, 3.63) is 48.5 Å². The van der Waals surface area contributed by atoms with Gasteiger partial charge in [-0.05, 0) is 19.1 Å². The fraction of sp³-hybridized carbons (Fsp3) is 0.182. The highest BCUT2D eigenvalue weighted by Crippen LogP contribution is 2.25. The van der Waals surface area contributed by atoms with Crippen molar-refractivity contribution in [3.8, 4) is 0 Å². The van der Waals surface area contributed by atoms with Crippen molar-refractivity contribution in [3.63, 3.8) is 0 Å². The van der Waals surface area contributed by atoms with Crippen LogP contribution in [0.5, 0.6) is 0 Å². The Morgan fingerprint density at radius 1 is 1.12 bits per heavy atom. The van der Waals surface area contributed by atoms with Gasteiger partial charge in [-0.2, -0.15) is 5.10 Å². The lowest BCUT2D eigenvalue weighted by atomic mass is 10.3. The summed E-state index contributed by atoms with van der Waals surface area (Å²) in [5, 5.41) is 6.43. The van der Waals surface area contributed by atoms with Gasteiger partial charge >= 0.3 is 0 Å². The summed E-state index contributed by atoms with van der Waals surface area (Å²) in [7, 11) is -3.42. The van der Waals surface area contributed by atoms with Gasteiger partial charge in [-0.3, -0.25) is 0 Å². The van der Waals surface area contributed by atoms with E-state index in [1.54, 1.807) is 37.3 Å². The van der Waals surface area contributed by atoms with Crippen LogP contribution in [0, 0.1) is 0 Å². The Kier molecular flexibility index (Phi) is 3.14. The predicted octanol–water partition coefficient (Wildman–Crippen LogP) is 1.41. The molecule has 2 aromatic rings. The van der Waals surface area contributed by atoms with Gasteiger partial charge in [0.15, 0.2) is 9.84 Å². The van der Waals surface area contributed by atoms with Crippen molar-refractivity contribution in [1.82, 2.24) is 15.2 Å². The molecule has 0 N–H and O–H groups in total. The molecule has 5 nitrogen and oxygen atoms in total. The van der Waals surface area contributed by atoms with Crippen LogP contribution >= 0.6 is 0 Å². The Morgan fingerprint density at radius 3 is 2.41 bits per heavy atom. The number of nitrogens with zero attached hydrogens (tertiary/aromatic N) is 3. The first-order valence-electron chi connectivity index (χ1n) is 5.04. The Balaban J connectivity index is 2.41. The minimum atomic E-state index is -3.42. The quantitative estimate of drug-likeness (QED) is 0.822. The minimum Gasteiger partial charge on any atom is -0.236 e. The molecule has 0 aliphatic heterocycles. The second-order valence-corrected chi connectivity index (χ2v) is 5.80. The van der Waals surface area contributed by atoms with Gasteiger partial charge in [0.2, 0.25) is 0 Å². The summed E-state index contributed by atoms with van der Waals surface area (Å²) >= 11 is 0. The summed E-state index contributed by atoms with van der Waals surface area (Å²) in [5.41, 5.74) is 0.392. The van der Waals surface area contributed by atoms with Crippen LogP contribution in [0.3, 0.4) is 0 Å². The number of sulfone groups is 1. The lowest BCUT2D eigenvalue weighted by Gasteiger charge is -2.11. The average molecular weight is 249 g/mol. The third kappa shape index (κ3) is 2.31. The molecule has 0 saturated heterocycles. The SMILES string of the molecule is CC(c1cnncn1)S(=O)(=O)c1ccccc1. The van der Waals surface area contributed by atoms with Crippen LogP contribution in [0.15, 0.2) is 47.8 Å². The predicted molar refractivity (Wildman–Crippen MR) is 61.9 cm³/mol. The van der Waals surface area contributed by atoms with Gasteiger partial charge in [-0.15, -0.1) is 5.10 Å². The number of benzene rings is 1. The molecule has 0 amide bonds. The molecular weight excluding hydrogens is 238 g/mol. The van der Waals surface area contributed by atoms with E-state index in [1.807, 2.05) is 0 Å².